The van der Waals surface area contributed by atoms with Crippen LogP contribution in [0.5, 0.6) is 0 Å². The van der Waals surface area contributed by atoms with Crippen molar-refractivity contribution in [2.24, 2.45) is 0 Å². The van der Waals surface area contributed by atoms with Gasteiger partial charge in [0.1, 0.15) is 0 Å². The standard InChI is InChI=1S/C9H13NS/c1-8(5-6-10-2)9-4-3-7-11-9/h3-5,7,10H,6H2,1-2H3/b8-5-. The fourth-order valence-electron chi connectivity index (χ4n) is 0.859. The molecule has 0 unspecified atom stereocenters. The summed E-state index contributed by atoms with van der Waals surface area (Å²) in [5, 5.41) is 5.19. The lowest BCUT2D eigenvalue weighted by Crippen LogP contribution is -2.04. The molecule has 0 saturated heterocycles. The highest BCUT2D eigenvalue weighted by molar-refractivity contribution is 7.11. The van der Waals surface area contributed by atoms with E-state index < -0.39 is 0 Å². The summed E-state index contributed by atoms with van der Waals surface area (Å²) < 4.78 is 0. The molecule has 1 aromatic rings. The van der Waals surface area contributed by atoms with Crippen LogP contribution in [0.15, 0.2) is 23.6 Å². The van der Waals surface area contributed by atoms with Crippen molar-refractivity contribution in [3.8, 4) is 0 Å². The van der Waals surface area contributed by atoms with Gasteiger partial charge in [-0.15, -0.1) is 11.3 Å². The zero-order valence-corrected chi connectivity index (χ0v) is 7.74. The van der Waals surface area contributed by atoms with Crippen molar-refractivity contribution in [3.05, 3.63) is 28.5 Å². The number of allylic oxidation sites excluding steroid dienone is 1. The molecule has 1 N–H and O–H groups in total. The van der Waals surface area contributed by atoms with Crippen molar-refractivity contribution in [1.29, 1.82) is 0 Å². The molecule has 0 saturated carbocycles. The van der Waals surface area contributed by atoms with Crippen molar-refractivity contribution in [3.63, 3.8) is 0 Å². The zero-order chi connectivity index (χ0) is 8.10. The van der Waals surface area contributed by atoms with Gasteiger partial charge < -0.3 is 5.32 Å². The molecule has 2 heteroatoms. The van der Waals surface area contributed by atoms with Crippen LogP contribution in [0, 0.1) is 0 Å². The number of hydrogen-bond acceptors (Lipinski definition) is 2. The van der Waals surface area contributed by atoms with E-state index in [1.807, 2.05) is 7.05 Å². The Bertz CT molecular complexity index is 224. The minimum atomic E-state index is 0.948. The van der Waals surface area contributed by atoms with Crippen LogP contribution in [0.25, 0.3) is 5.57 Å². The monoisotopic (exact) mass is 167 g/mol. The second-order valence-electron chi connectivity index (χ2n) is 2.42. The highest BCUT2D eigenvalue weighted by Crippen LogP contribution is 2.18. The third-order valence-corrected chi connectivity index (χ3v) is 2.53. The molecule has 0 fully saturated rings. The largest absolute Gasteiger partial charge is 0.316 e. The van der Waals surface area contributed by atoms with Gasteiger partial charge >= 0.3 is 0 Å². The summed E-state index contributed by atoms with van der Waals surface area (Å²) in [4.78, 5) is 1.36. The van der Waals surface area contributed by atoms with Crippen molar-refractivity contribution in [2.45, 2.75) is 6.92 Å². The van der Waals surface area contributed by atoms with E-state index in [1.165, 1.54) is 10.5 Å². The first-order chi connectivity index (χ1) is 5.34. The molecule has 1 nitrogen and oxygen atoms in total. The van der Waals surface area contributed by atoms with Gasteiger partial charge in [-0.3, -0.25) is 0 Å². The number of likely N-dealkylation sites (N-methyl/N-ethyl adjacent to an activating group) is 1. The lowest BCUT2D eigenvalue weighted by atomic mass is 10.2. The Morgan fingerprint density at radius 3 is 3.09 bits per heavy atom. The summed E-state index contributed by atoms with van der Waals surface area (Å²) in [7, 11) is 1.96. The van der Waals surface area contributed by atoms with Gasteiger partial charge in [0.2, 0.25) is 0 Å². The molecular weight excluding hydrogens is 154 g/mol. The number of hydrogen-bond donors (Lipinski definition) is 1. The summed E-state index contributed by atoms with van der Waals surface area (Å²) >= 11 is 1.79. The van der Waals surface area contributed by atoms with Crippen molar-refractivity contribution in [1.82, 2.24) is 5.32 Å². The van der Waals surface area contributed by atoms with Crippen LogP contribution in [-0.4, -0.2) is 13.6 Å². The summed E-state index contributed by atoms with van der Waals surface area (Å²) in [6.45, 7) is 3.09. The average Bonchev–Trinajstić information content (AvgIpc) is 2.52. The smallest absolute Gasteiger partial charge is 0.0296 e. The van der Waals surface area contributed by atoms with Crippen LogP contribution >= 0.6 is 11.3 Å². The SMILES string of the molecule is CNC/C=C(/C)c1cccs1. The summed E-state index contributed by atoms with van der Waals surface area (Å²) in [5.74, 6) is 0. The number of nitrogens with one attached hydrogen (secondary N) is 1. The lowest BCUT2D eigenvalue weighted by Gasteiger charge is -1.95. The third-order valence-electron chi connectivity index (χ3n) is 1.52. The van der Waals surface area contributed by atoms with E-state index in [0.717, 1.165) is 6.54 Å². The first kappa shape index (κ1) is 8.50. The van der Waals surface area contributed by atoms with Gasteiger partial charge in [-0.2, -0.15) is 0 Å². The molecular formula is C9H13NS. The molecule has 1 rings (SSSR count). The molecule has 60 valence electrons. The van der Waals surface area contributed by atoms with Gasteiger partial charge in [0.15, 0.2) is 0 Å². The van der Waals surface area contributed by atoms with E-state index in [1.54, 1.807) is 11.3 Å². The second kappa shape index (κ2) is 4.31. The summed E-state index contributed by atoms with van der Waals surface area (Å²) in [5.41, 5.74) is 1.36. The van der Waals surface area contributed by atoms with Crippen molar-refractivity contribution >= 4 is 16.9 Å². The maximum Gasteiger partial charge on any atom is 0.0296 e. The van der Waals surface area contributed by atoms with Crippen molar-refractivity contribution < 1.29 is 0 Å². The second-order valence-corrected chi connectivity index (χ2v) is 3.37. The van der Waals surface area contributed by atoms with Gasteiger partial charge in [-0.05, 0) is 31.0 Å². The van der Waals surface area contributed by atoms with E-state index in [9.17, 15) is 0 Å². The fraction of sp³-hybridized carbons (Fsp3) is 0.333. The maximum atomic E-state index is 3.09. The van der Waals surface area contributed by atoms with Crippen LogP contribution in [0.4, 0.5) is 0 Å². The van der Waals surface area contributed by atoms with E-state index in [4.69, 9.17) is 0 Å². The van der Waals surface area contributed by atoms with Gasteiger partial charge in [0.05, 0.1) is 0 Å². The fourth-order valence-corrected chi connectivity index (χ4v) is 1.59. The first-order valence-corrected chi connectivity index (χ1v) is 4.58. The van der Waals surface area contributed by atoms with Crippen molar-refractivity contribution in [2.75, 3.05) is 13.6 Å². The normalized spacial score (nSPS) is 12.0. The minimum absolute atomic E-state index is 0.948. The van der Waals surface area contributed by atoms with E-state index in [-0.39, 0.29) is 0 Å². The Hall–Kier alpha value is -0.600. The maximum absolute atomic E-state index is 3.09. The van der Waals surface area contributed by atoms with Gasteiger partial charge in [0.25, 0.3) is 0 Å². The van der Waals surface area contributed by atoms with Gasteiger partial charge in [-0.1, -0.05) is 12.1 Å². The Morgan fingerprint density at radius 2 is 2.55 bits per heavy atom. The molecule has 0 aromatic carbocycles. The molecule has 1 heterocycles. The Labute approximate surface area is 71.8 Å². The van der Waals surface area contributed by atoms with Crippen LogP contribution in [-0.2, 0) is 0 Å². The Kier molecular flexibility index (Phi) is 3.33. The highest BCUT2D eigenvalue weighted by Gasteiger charge is 1.93. The minimum Gasteiger partial charge on any atom is -0.316 e. The number of rotatable bonds is 3. The zero-order valence-electron chi connectivity index (χ0n) is 6.92. The van der Waals surface area contributed by atoms with Crippen LogP contribution in [0.1, 0.15) is 11.8 Å². The van der Waals surface area contributed by atoms with Crippen LogP contribution < -0.4 is 5.32 Å². The van der Waals surface area contributed by atoms with Crippen LogP contribution in [0.3, 0.4) is 0 Å². The Morgan fingerprint density at radius 1 is 1.73 bits per heavy atom. The molecule has 0 aliphatic rings. The molecule has 0 atom stereocenters. The molecule has 11 heavy (non-hydrogen) atoms. The quantitative estimate of drug-likeness (QED) is 0.728. The lowest BCUT2D eigenvalue weighted by molar-refractivity contribution is 0.920. The molecule has 0 spiro atoms. The summed E-state index contributed by atoms with van der Waals surface area (Å²) in [6.07, 6.45) is 2.20. The molecule has 1 aromatic heterocycles. The van der Waals surface area contributed by atoms with E-state index in [2.05, 4.69) is 35.8 Å². The van der Waals surface area contributed by atoms with E-state index >= 15 is 0 Å². The highest BCUT2D eigenvalue weighted by atomic mass is 32.1. The predicted octanol–water partition coefficient (Wildman–Crippen LogP) is 2.37. The molecule has 0 bridgehead atoms. The van der Waals surface area contributed by atoms with Gasteiger partial charge in [0, 0.05) is 11.4 Å². The molecule has 0 aliphatic heterocycles. The first-order valence-electron chi connectivity index (χ1n) is 3.70. The topological polar surface area (TPSA) is 12.0 Å². The Balaban J connectivity index is 2.62. The average molecular weight is 167 g/mol. The predicted molar refractivity (Wildman–Crippen MR) is 51.9 cm³/mol. The molecule has 0 amide bonds. The number of thiophene rings is 1. The third kappa shape index (κ3) is 2.48. The molecule has 0 aliphatic carbocycles. The molecule has 0 radical (unpaired) electrons. The van der Waals surface area contributed by atoms with E-state index in [0.29, 0.717) is 0 Å². The van der Waals surface area contributed by atoms with Crippen LogP contribution in [0.2, 0.25) is 0 Å². The van der Waals surface area contributed by atoms with Gasteiger partial charge in [-0.25, -0.2) is 0 Å². The summed E-state index contributed by atoms with van der Waals surface area (Å²) in [6, 6.07) is 4.23.